The van der Waals surface area contributed by atoms with Crippen molar-refractivity contribution in [3.05, 3.63) is 112 Å². The van der Waals surface area contributed by atoms with Gasteiger partial charge in [0.1, 0.15) is 11.4 Å². The molecule has 1 aromatic heterocycles. The van der Waals surface area contributed by atoms with Crippen LogP contribution in [0.1, 0.15) is 34.1 Å². The lowest BCUT2D eigenvalue weighted by Crippen LogP contribution is -2.37. The second-order valence-electron chi connectivity index (χ2n) is 7.86. The highest BCUT2D eigenvalue weighted by atomic mass is 19.1. The summed E-state index contributed by atoms with van der Waals surface area (Å²) in [6.07, 6.45) is 0.598. The molecule has 1 amide bonds. The lowest BCUT2D eigenvalue weighted by molar-refractivity contribution is 0.0709. The molecular weight excluding hydrogens is 433 g/mol. The number of aromatic amines is 1. The van der Waals surface area contributed by atoms with E-state index in [0.717, 1.165) is 6.07 Å². The van der Waals surface area contributed by atoms with Crippen molar-refractivity contribution in [3.63, 3.8) is 0 Å². The van der Waals surface area contributed by atoms with E-state index in [0.29, 0.717) is 29.9 Å². The van der Waals surface area contributed by atoms with Crippen LogP contribution in [-0.4, -0.2) is 39.5 Å². The zero-order chi connectivity index (χ0) is 24.1. The Kier molecular flexibility index (Phi) is 6.82. The third-order valence-corrected chi connectivity index (χ3v) is 5.43. The Hall–Kier alpha value is -4.26. The van der Waals surface area contributed by atoms with Crippen molar-refractivity contribution in [2.75, 3.05) is 13.1 Å². The molecule has 4 rings (SSSR count). The van der Waals surface area contributed by atoms with Crippen molar-refractivity contribution < 1.29 is 14.0 Å². The number of H-pyrrole nitrogens is 1. The van der Waals surface area contributed by atoms with Crippen LogP contribution in [0.25, 0.3) is 16.9 Å². The Labute approximate surface area is 196 Å². The van der Waals surface area contributed by atoms with Gasteiger partial charge in [0.15, 0.2) is 5.78 Å². The highest BCUT2D eigenvalue weighted by Gasteiger charge is 2.26. The van der Waals surface area contributed by atoms with Crippen LogP contribution in [0.2, 0.25) is 0 Å². The van der Waals surface area contributed by atoms with Crippen LogP contribution >= 0.6 is 0 Å². The number of nitrogens with one attached hydrogen (secondary N) is 1. The Morgan fingerprint density at radius 3 is 2.26 bits per heavy atom. The van der Waals surface area contributed by atoms with Gasteiger partial charge in [0.25, 0.3) is 11.5 Å². The molecule has 0 aliphatic carbocycles. The summed E-state index contributed by atoms with van der Waals surface area (Å²) in [4.78, 5) is 41.3. The molecule has 0 bridgehead atoms. The standard InChI is InChI=1S/C27H24FN3O3/c1-2-16-30(26(33)20-12-9-13-21(28)17-20)18-23(32)24-25(19-10-5-3-6-11-19)29-31(27(24)34)22-14-7-4-8-15-22/h3-15,17,29H,2,16,18H2,1H3. The second kappa shape index (κ2) is 10.1. The number of Topliss-reactive ketones (excluding diaryl/α,β-unsaturated/α-hetero) is 1. The molecule has 1 N–H and O–H groups in total. The quantitative estimate of drug-likeness (QED) is 0.390. The number of ketones is 1. The van der Waals surface area contributed by atoms with Crippen LogP contribution < -0.4 is 5.56 Å². The first kappa shape index (κ1) is 22.9. The number of benzene rings is 3. The number of halogens is 1. The topological polar surface area (TPSA) is 75.2 Å². The van der Waals surface area contributed by atoms with Crippen LogP contribution in [0.5, 0.6) is 0 Å². The molecule has 6 nitrogen and oxygen atoms in total. The fourth-order valence-electron chi connectivity index (χ4n) is 3.85. The van der Waals surface area contributed by atoms with E-state index in [2.05, 4.69) is 5.10 Å². The fraction of sp³-hybridized carbons (Fsp3) is 0.148. The first-order valence-electron chi connectivity index (χ1n) is 11.0. The first-order chi connectivity index (χ1) is 16.5. The maximum absolute atomic E-state index is 13.7. The molecule has 0 saturated carbocycles. The van der Waals surface area contributed by atoms with E-state index >= 15 is 0 Å². The Balaban J connectivity index is 1.75. The van der Waals surface area contributed by atoms with Gasteiger partial charge < -0.3 is 4.90 Å². The molecule has 0 unspecified atom stereocenters. The predicted octanol–water partition coefficient (Wildman–Crippen LogP) is 4.71. The molecule has 0 radical (unpaired) electrons. The van der Waals surface area contributed by atoms with E-state index in [1.807, 2.05) is 31.2 Å². The number of aromatic nitrogens is 2. The van der Waals surface area contributed by atoms with Crippen molar-refractivity contribution >= 4 is 11.7 Å². The van der Waals surface area contributed by atoms with Gasteiger partial charge in [-0.15, -0.1) is 0 Å². The van der Waals surface area contributed by atoms with Crippen LogP contribution in [0.3, 0.4) is 0 Å². The maximum Gasteiger partial charge on any atom is 0.282 e. The number of carbonyl (C=O) groups is 2. The summed E-state index contributed by atoms with van der Waals surface area (Å²) < 4.78 is 15.0. The molecule has 0 spiro atoms. The number of hydrogen-bond donors (Lipinski definition) is 1. The Bertz CT molecular complexity index is 1360. The number of rotatable bonds is 8. The molecule has 7 heteroatoms. The number of hydrogen-bond acceptors (Lipinski definition) is 3. The summed E-state index contributed by atoms with van der Waals surface area (Å²) in [7, 11) is 0. The van der Waals surface area contributed by atoms with Crippen molar-refractivity contribution in [2.45, 2.75) is 13.3 Å². The Morgan fingerprint density at radius 2 is 1.62 bits per heavy atom. The largest absolute Gasteiger partial charge is 0.331 e. The minimum Gasteiger partial charge on any atom is -0.331 e. The minimum absolute atomic E-state index is 0.0248. The molecule has 0 fully saturated rings. The van der Waals surface area contributed by atoms with Gasteiger partial charge in [-0.2, -0.15) is 0 Å². The molecule has 34 heavy (non-hydrogen) atoms. The van der Waals surface area contributed by atoms with Crippen molar-refractivity contribution in [2.24, 2.45) is 0 Å². The van der Waals surface area contributed by atoms with Gasteiger partial charge in [0, 0.05) is 17.7 Å². The number of amides is 1. The van der Waals surface area contributed by atoms with Crippen molar-refractivity contribution in [1.29, 1.82) is 0 Å². The van der Waals surface area contributed by atoms with Gasteiger partial charge in [0.2, 0.25) is 0 Å². The molecule has 172 valence electrons. The van der Waals surface area contributed by atoms with E-state index in [4.69, 9.17) is 0 Å². The number of nitrogens with zero attached hydrogens (tertiary/aromatic N) is 2. The van der Waals surface area contributed by atoms with Crippen LogP contribution in [0.4, 0.5) is 4.39 Å². The summed E-state index contributed by atoms with van der Waals surface area (Å²) in [6, 6.07) is 23.4. The fourth-order valence-corrected chi connectivity index (χ4v) is 3.85. The summed E-state index contributed by atoms with van der Waals surface area (Å²) in [6.45, 7) is 1.87. The molecule has 1 heterocycles. The Morgan fingerprint density at radius 1 is 0.941 bits per heavy atom. The predicted molar refractivity (Wildman–Crippen MR) is 129 cm³/mol. The monoisotopic (exact) mass is 457 g/mol. The average molecular weight is 458 g/mol. The van der Waals surface area contributed by atoms with E-state index in [1.165, 1.54) is 27.8 Å². The molecule has 3 aromatic carbocycles. The van der Waals surface area contributed by atoms with Gasteiger partial charge in [0.05, 0.1) is 17.9 Å². The van der Waals surface area contributed by atoms with E-state index in [9.17, 15) is 18.8 Å². The third kappa shape index (κ3) is 4.73. The van der Waals surface area contributed by atoms with E-state index in [1.54, 1.807) is 36.4 Å². The zero-order valence-corrected chi connectivity index (χ0v) is 18.7. The van der Waals surface area contributed by atoms with Gasteiger partial charge in [-0.1, -0.05) is 61.5 Å². The molecule has 0 atom stereocenters. The van der Waals surface area contributed by atoms with Crippen molar-refractivity contribution in [1.82, 2.24) is 14.7 Å². The lowest BCUT2D eigenvalue weighted by Gasteiger charge is -2.21. The second-order valence-corrected chi connectivity index (χ2v) is 7.86. The summed E-state index contributed by atoms with van der Waals surface area (Å²) in [5, 5.41) is 3.07. The van der Waals surface area contributed by atoms with Crippen LogP contribution in [0, 0.1) is 5.82 Å². The lowest BCUT2D eigenvalue weighted by atomic mass is 10.0. The molecular formula is C27H24FN3O3. The van der Waals surface area contributed by atoms with Gasteiger partial charge in [-0.3, -0.25) is 19.5 Å². The summed E-state index contributed by atoms with van der Waals surface area (Å²) in [5.74, 6) is -1.49. The van der Waals surface area contributed by atoms with E-state index < -0.39 is 23.1 Å². The van der Waals surface area contributed by atoms with Crippen LogP contribution in [0.15, 0.2) is 89.7 Å². The molecule has 0 saturated heterocycles. The molecule has 0 aliphatic rings. The number of para-hydroxylation sites is 1. The third-order valence-electron chi connectivity index (χ3n) is 5.43. The average Bonchev–Trinajstić information content (AvgIpc) is 3.21. The molecule has 0 aliphatic heterocycles. The van der Waals surface area contributed by atoms with Crippen molar-refractivity contribution in [3.8, 4) is 16.9 Å². The first-order valence-corrected chi connectivity index (χ1v) is 11.0. The minimum atomic E-state index is -0.531. The van der Waals surface area contributed by atoms with E-state index in [-0.39, 0.29) is 17.7 Å². The zero-order valence-electron chi connectivity index (χ0n) is 18.7. The SMILES string of the molecule is CCCN(CC(=O)c1c(-c2ccccc2)[nH]n(-c2ccccc2)c1=O)C(=O)c1cccc(F)c1. The highest BCUT2D eigenvalue weighted by Crippen LogP contribution is 2.22. The summed E-state index contributed by atoms with van der Waals surface area (Å²) >= 11 is 0. The normalized spacial score (nSPS) is 10.8. The molecule has 4 aromatic rings. The van der Waals surface area contributed by atoms with Gasteiger partial charge in [-0.25, -0.2) is 9.07 Å². The van der Waals surface area contributed by atoms with Gasteiger partial charge in [-0.05, 0) is 36.8 Å². The highest BCUT2D eigenvalue weighted by molar-refractivity contribution is 6.05. The smallest absolute Gasteiger partial charge is 0.282 e. The summed E-state index contributed by atoms with van der Waals surface area (Å²) in [5.41, 5.74) is 1.28. The number of carbonyl (C=O) groups excluding carboxylic acids is 2. The van der Waals surface area contributed by atoms with Gasteiger partial charge >= 0.3 is 0 Å². The maximum atomic E-state index is 13.7. The van der Waals surface area contributed by atoms with Crippen LogP contribution in [-0.2, 0) is 0 Å².